The smallest absolute Gasteiger partial charge is 0.305 e. The first kappa shape index (κ1) is 26.6. The number of nitrogens with zero attached hydrogens (tertiary/aromatic N) is 2. The molecular formula is C28H26FN3O5S. The van der Waals surface area contributed by atoms with Gasteiger partial charge >= 0.3 is 5.97 Å². The Hall–Kier alpha value is -4.44. The summed E-state index contributed by atoms with van der Waals surface area (Å²) in [5.41, 5.74) is 3.00. The van der Waals surface area contributed by atoms with E-state index in [1.807, 2.05) is 11.4 Å². The summed E-state index contributed by atoms with van der Waals surface area (Å²) in [6.07, 6.45) is -0.154. The number of carbonyl (C=O) groups excluding carboxylic acids is 1. The summed E-state index contributed by atoms with van der Waals surface area (Å²) in [5.74, 6) is -0.437. The van der Waals surface area contributed by atoms with Gasteiger partial charge < -0.3 is 24.8 Å². The van der Waals surface area contributed by atoms with Crippen LogP contribution in [0.3, 0.4) is 0 Å². The van der Waals surface area contributed by atoms with E-state index in [9.17, 15) is 14.0 Å². The van der Waals surface area contributed by atoms with E-state index in [4.69, 9.17) is 19.6 Å². The van der Waals surface area contributed by atoms with Gasteiger partial charge in [0.1, 0.15) is 17.3 Å². The van der Waals surface area contributed by atoms with Crippen molar-refractivity contribution in [1.82, 2.24) is 10.3 Å². The topological polar surface area (TPSA) is 101 Å². The first-order valence-electron chi connectivity index (χ1n) is 11.7. The molecule has 2 N–H and O–H groups in total. The summed E-state index contributed by atoms with van der Waals surface area (Å²) < 4.78 is 25.8. The molecule has 196 valence electrons. The van der Waals surface area contributed by atoms with Crippen molar-refractivity contribution in [2.75, 3.05) is 25.7 Å². The standard InChI is InChI=1S/C28H26FN3O5S/c1-36-20-11-12-25(37-2)21(15-20)23-17-38-28(31-23)32(24-6-4-3-5-22(24)29)16-18-7-9-19(10-8-18)27(35)30-14-13-26(33)34/h3-12,15,17H,13-14,16H2,1-2H3,(H,30,35)(H,33,34). The molecule has 0 fully saturated rings. The molecule has 0 bridgehead atoms. The number of anilines is 2. The second-order valence-electron chi connectivity index (χ2n) is 8.22. The highest BCUT2D eigenvalue weighted by molar-refractivity contribution is 7.14. The molecule has 4 aromatic rings. The van der Waals surface area contributed by atoms with Gasteiger partial charge in [0.15, 0.2) is 5.13 Å². The quantitative estimate of drug-likeness (QED) is 0.261. The lowest BCUT2D eigenvalue weighted by molar-refractivity contribution is -0.136. The Kier molecular flexibility index (Phi) is 8.55. The van der Waals surface area contributed by atoms with Crippen LogP contribution < -0.4 is 19.7 Å². The SMILES string of the molecule is COc1ccc(OC)c(-c2csc(N(Cc3ccc(C(=O)NCCC(=O)O)cc3)c3ccccc3F)n2)c1. The fraction of sp³-hybridized carbons (Fsp3) is 0.179. The van der Waals surface area contributed by atoms with E-state index < -0.39 is 11.8 Å². The van der Waals surface area contributed by atoms with Crippen molar-refractivity contribution in [2.45, 2.75) is 13.0 Å². The third-order valence-electron chi connectivity index (χ3n) is 5.73. The highest BCUT2D eigenvalue weighted by Gasteiger charge is 2.20. The number of carboxylic acids is 1. The molecule has 0 aliphatic carbocycles. The van der Waals surface area contributed by atoms with Gasteiger partial charge in [-0.2, -0.15) is 0 Å². The van der Waals surface area contributed by atoms with Crippen LogP contribution in [0, 0.1) is 5.82 Å². The van der Waals surface area contributed by atoms with Gasteiger partial charge in [-0.15, -0.1) is 11.3 Å². The summed E-state index contributed by atoms with van der Waals surface area (Å²) >= 11 is 1.37. The molecule has 1 amide bonds. The van der Waals surface area contributed by atoms with Crippen LogP contribution in [-0.2, 0) is 11.3 Å². The van der Waals surface area contributed by atoms with Crippen molar-refractivity contribution in [3.05, 3.63) is 89.1 Å². The average Bonchev–Trinajstić information content (AvgIpc) is 3.42. The lowest BCUT2D eigenvalue weighted by Gasteiger charge is -2.23. The zero-order chi connectivity index (χ0) is 27.1. The average molecular weight is 536 g/mol. The van der Waals surface area contributed by atoms with Crippen molar-refractivity contribution in [1.29, 1.82) is 0 Å². The van der Waals surface area contributed by atoms with E-state index in [1.54, 1.807) is 73.7 Å². The van der Waals surface area contributed by atoms with Gasteiger partial charge in [0.25, 0.3) is 5.91 Å². The van der Waals surface area contributed by atoms with Crippen molar-refractivity contribution >= 4 is 34.0 Å². The minimum Gasteiger partial charge on any atom is -0.497 e. The molecule has 38 heavy (non-hydrogen) atoms. The molecule has 0 saturated heterocycles. The van der Waals surface area contributed by atoms with Crippen LogP contribution in [0.15, 0.2) is 72.1 Å². The van der Waals surface area contributed by atoms with E-state index in [2.05, 4.69) is 5.32 Å². The maximum atomic E-state index is 14.9. The van der Waals surface area contributed by atoms with Crippen LogP contribution >= 0.6 is 11.3 Å². The van der Waals surface area contributed by atoms with Gasteiger partial charge in [0.05, 0.1) is 38.6 Å². The van der Waals surface area contributed by atoms with Crippen LogP contribution in [0.5, 0.6) is 11.5 Å². The number of aliphatic carboxylic acids is 1. The van der Waals surface area contributed by atoms with E-state index in [0.717, 1.165) is 11.1 Å². The maximum Gasteiger partial charge on any atom is 0.305 e. The third-order valence-corrected chi connectivity index (χ3v) is 6.59. The molecule has 0 aliphatic rings. The fourth-order valence-electron chi connectivity index (χ4n) is 3.78. The number of carbonyl (C=O) groups is 2. The van der Waals surface area contributed by atoms with Gasteiger partial charge in [-0.1, -0.05) is 24.3 Å². The van der Waals surface area contributed by atoms with Gasteiger partial charge in [0.2, 0.25) is 0 Å². The lowest BCUT2D eigenvalue weighted by Crippen LogP contribution is -2.26. The molecule has 0 unspecified atom stereocenters. The second kappa shape index (κ2) is 12.2. The molecule has 1 heterocycles. The third kappa shape index (κ3) is 6.27. The molecule has 0 radical (unpaired) electrons. The molecular weight excluding hydrogens is 509 g/mol. The summed E-state index contributed by atoms with van der Waals surface area (Å²) in [6.45, 7) is 0.339. The molecule has 10 heteroatoms. The number of thiazole rings is 1. The lowest BCUT2D eigenvalue weighted by atomic mass is 10.1. The van der Waals surface area contributed by atoms with Gasteiger partial charge in [-0.05, 0) is 48.0 Å². The minimum absolute atomic E-state index is 0.0431. The fourth-order valence-corrected chi connectivity index (χ4v) is 4.62. The number of hydrogen-bond acceptors (Lipinski definition) is 7. The number of para-hydroxylation sites is 1. The number of rotatable bonds is 11. The van der Waals surface area contributed by atoms with Crippen molar-refractivity contribution in [3.8, 4) is 22.8 Å². The zero-order valence-electron chi connectivity index (χ0n) is 20.8. The Bertz CT molecular complexity index is 1420. The van der Waals surface area contributed by atoms with Crippen LogP contribution in [0.1, 0.15) is 22.3 Å². The van der Waals surface area contributed by atoms with Gasteiger partial charge in [-0.3, -0.25) is 9.59 Å². The maximum absolute atomic E-state index is 14.9. The number of halogens is 1. The monoisotopic (exact) mass is 535 g/mol. The molecule has 4 rings (SSSR count). The summed E-state index contributed by atoms with van der Waals surface area (Å²) in [4.78, 5) is 29.5. The van der Waals surface area contributed by atoms with E-state index in [1.165, 1.54) is 17.4 Å². The van der Waals surface area contributed by atoms with Gasteiger partial charge in [0, 0.05) is 23.1 Å². The first-order valence-corrected chi connectivity index (χ1v) is 12.6. The molecule has 8 nitrogen and oxygen atoms in total. The summed E-state index contributed by atoms with van der Waals surface area (Å²) in [6, 6.07) is 18.8. The Morgan fingerprint density at radius 2 is 1.82 bits per heavy atom. The molecule has 0 saturated carbocycles. The van der Waals surface area contributed by atoms with Crippen LogP contribution in [-0.4, -0.2) is 42.7 Å². The predicted molar refractivity (Wildman–Crippen MR) is 144 cm³/mol. The number of carboxylic acid groups (broad SMARTS) is 1. The Labute approximate surface area is 223 Å². The minimum atomic E-state index is -0.982. The van der Waals surface area contributed by atoms with E-state index in [0.29, 0.717) is 40.1 Å². The zero-order valence-corrected chi connectivity index (χ0v) is 21.6. The van der Waals surface area contributed by atoms with Crippen molar-refractivity contribution in [2.24, 2.45) is 0 Å². The van der Waals surface area contributed by atoms with Crippen molar-refractivity contribution < 1.29 is 28.6 Å². The second-order valence-corrected chi connectivity index (χ2v) is 9.05. The first-order chi connectivity index (χ1) is 18.4. The van der Waals surface area contributed by atoms with E-state index >= 15 is 0 Å². The predicted octanol–water partition coefficient (Wildman–Crippen LogP) is 5.51. The Morgan fingerprint density at radius 3 is 2.50 bits per heavy atom. The number of benzene rings is 3. The number of aromatic nitrogens is 1. The Balaban J connectivity index is 1.62. The number of methoxy groups -OCH3 is 2. The van der Waals surface area contributed by atoms with Crippen LogP contribution in [0.2, 0.25) is 0 Å². The van der Waals surface area contributed by atoms with Crippen LogP contribution in [0.25, 0.3) is 11.3 Å². The molecule has 3 aromatic carbocycles. The molecule has 1 aromatic heterocycles. The molecule has 0 atom stereocenters. The number of ether oxygens (including phenoxy) is 2. The highest BCUT2D eigenvalue weighted by Crippen LogP contribution is 2.38. The summed E-state index contributed by atoms with van der Waals surface area (Å²) in [5, 5.41) is 13.8. The van der Waals surface area contributed by atoms with E-state index in [-0.39, 0.29) is 18.9 Å². The van der Waals surface area contributed by atoms with Crippen LogP contribution in [0.4, 0.5) is 15.2 Å². The number of amides is 1. The number of nitrogens with one attached hydrogen (secondary N) is 1. The number of hydrogen-bond donors (Lipinski definition) is 2. The Morgan fingerprint density at radius 1 is 1.05 bits per heavy atom. The normalized spacial score (nSPS) is 10.6. The molecule has 0 spiro atoms. The largest absolute Gasteiger partial charge is 0.497 e. The molecule has 0 aliphatic heterocycles. The van der Waals surface area contributed by atoms with Gasteiger partial charge in [-0.25, -0.2) is 9.37 Å². The van der Waals surface area contributed by atoms with Crippen molar-refractivity contribution in [3.63, 3.8) is 0 Å². The summed E-state index contributed by atoms with van der Waals surface area (Å²) in [7, 11) is 3.17. The highest BCUT2D eigenvalue weighted by atomic mass is 32.1.